The summed E-state index contributed by atoms with van der Waals surface area (Å²) >= 11 is 0. The van der Waals surface area contributed by atoms with Gasteiger partial charge in [-0.05, 0) is 42.9 Å². The summed E-state index contributed by atoms with van der Waals surface area (Å²) in [5.41, 5.74) is 1.23. The summed E-state index contributed by atoms with van der Waals surface area (Å²) in [7, 11) is 1.65. The van der Waals surface area contributed by atoms with Crippen molar-refractivity contribution in [3.63, 3.8) is 0 Å². The molecule has 2 amide bonds. The van der Waals surface area contributed by atoms with Crippen LogP contribution >= 0.6 is 0 Å². The summed E-state index contributed by atoms with van der Waals surface area (Å²) < 4.78 is 5.14. The van der Waals surface area contributed by atoms with E-state index < -0.39 is 0 Å². The predicted molar refractivity (Wildman–Crippen MR) is 88.3 cm³/mol. The summed E-state index contributed by atoms with van der Waals surface area (Å²) in [5, 5.41) is 14.7. The zero-order valence-electron chi connectivity index (χ0n) is 13.9. The topological polar surface area (TPSA) is 70.6 Å². The average molecular weight is 308 g/mol. The van der Waals surface area contributed by atoms with E-state index in [1.54, 1.807) is 7.11 Å². The van der Waals surface area contributed by atoms with Gasteiger partial charge in [-0.15, -0.1) is 0 Å². The molecule has 3 unspecified atom stereocenters. The Morgan fingerprint density at radius 3 is 2.41 bits per heavy atom. The third-order valence-electron chi connectivity index (χ3n) is 4.05. The van der Waals surface area contributed by atoms with Crippen LogP contribution in [0, 0.1) is 5.92 Å². The van der Waals surface area contributed by atoms with Crippen LogP contribution < -0.4 is 15.4 Å². The molecule has 0 bridgehead atoms. The predicted octanol–water partition coefficient (Wildman–Crippen LogP) is 2.50. The fourth-order valence-corrected chi connectivity index (χ4v) is 2.06. The van der Waals surface area contributed by atoms with Crippen molar-refractivity contribution in [1.82, 2.24) is 10.6 Å². The van der Waals surface area contributed by atoms with E-state index in [4.69, 9.17) is 9.84 Å². The number of carbonyl (C=O) groups is 1. The molecule has 0 spiro atoms. The molecular formula is C17H28N2O3. The van der Waals surface area contributed by atoms with Gasteiger partial charge in [-0.3, -0.25) is 0 Å². The van der Waals surface area contributed by atoms with Crippen molar-refractivity contribution in [1.29, 1.82) is 0 Å². The number of amides is 2. The molecule has 0 aromatic heterocycles. The van der Waals surface area contributed by atoms with E-state index in [9.17, 15) is 4.79 Å². The second-order valence-corrected chi connectivity index (χ2v) is 5.81. The first kappa shape index (κ1) is 18.3. The Hall–Kier alpha value is -1.75. The number of hydrogen-bond acceptors (Lipinski definition) is 3. The molecule has 5 nitrogen and oxygen atoms in total. The van der Waals surface area contributed by atoms with Crippen molar-refractivity contribution < 1.29 is 14.6 Å². The second kappa shape index (κ2) is 9.30. The van der Waals surface area contributed by atoms with E-state index in [1.807, 2.05) is 26.0 Å². The van der Waals surface area contributed by atoms with E-state index in [0.717, 1.165) is 12.2 Å². The zero-order chi connectivity index (χ0) is 16.5. The van der Waals surface area contributed by atoms with Gasteiger partial charge in [-0.2, -0.15) is 0 Å². The number of methoxy groups -OCH3 is 1. The molecule has 0 aliphatic heterocycles. The molecule has 0 aliphatic rings. The number of urea groups is 1. The normalized spacial score (nSPS) is 14.8. The van der Waals surface area contributed by atoms with Gasteiger partial charge in [-0.1, -0.05) is 26.0 Å². The molecule has 3 N–H and O–H groups in total. The van der Waals surface area contributed by atoms with Crippen LogP contribution in [0.2, 0.25) is 0 Å². The Bertz CT molecular complexity index is 448. The standard InChI is InChI=1S/C17H28N2O3/c1-12(15-5-7-16(22-4)8-6-15)9-10-18-17(21)19-14(3)13(2)11-20/h5-8,12-14,20H,9-11H2,1-4H3,(H2,18,19,21). The molecule has 1 rings (SSSR count). The minimum absolute atomic E-state index is 0.0453. The van der Waals surface area contributed by atoms with Crippen molar-refractivity contribution in [2.24, 2.45) is 5.92 Å². The summed E-state index contributed by atoms with van der Waals surface area (Å²) in [4.78, 5) is 11.8. The quantitative estimate of drug-likeness (QED) is 0.691. The Morgan fingerprint density at radius 1 is 1.23 bits per heavy atom. The van der Waals surface area contributed by atoms with Gasteiger partial charge in [0.05, 0.1) is 7.11 Å². The highest BCUT2D eigenvalue weighted by molar-refractivity contribution is 5.74. The molecule has 0 saturated carbocycles. The van der Waals surface area contributed by atoms with Gasteiger partial charge in [0.1, 0.15) is 5.75 Å². The van der Waals surface area contributed by atoms with E-state index in [1.165, 1.54) is 5.56 Å². The number of benzene rings is 1. The third kappa shape index (κ3) is 5.93. The lowest BCUT2D eigenvalue weighted by Gasteiger charge is -2.20. The lowest BCUT2D eigenvalue weighted by Crippen LogP contribution is -2.44. The fraction of sp³-hybridized carbons (Fsp3) is 0.588. The SMILES string of the molecule is COc1ccc(C(C)CCNC(=O)NC(C)C(C)CO)cc1. The fourth-order valence-electron chi connectivity index (χ4n) is 2.06. The maximum atomic E-state index is 11.8. The molecule has 3 atom stereocenters. The number of ether oxygens (including phenoxy) is 1. The van der Waals surface area contributed by atoms with Crippen LogP contribution in [-0.2, 0) is 0 Å². The highest BCUT2D eigenvalue weighted by Gasteiger charge is 2.13. The average Bonchev–Trinajstić information content (AvgIpc) is 2.53. The lowest BCUT2D eigenvalue weighted by molar-refractivity contribution is 0.200. The Kier molecular flexibility index (Phi) is 7.74. The van der Waals surface area contributed by atoms with Gasteiger partial charge in [0.15, 0.2) is 0 Å². The van der Waals surface area contributed by atoms with Crippen LogP contribution in [0.3, 0.4) is 0 Å². The van der Waals surface area contributed by atoms with E-state index in [2.05, 4.69) is 29.7 Å². The number of rotatable bonds is 8. The smallest absolute Gasteiger partial charge is 0.315 e. The molecule has 1 aromatic carbocycles. The molecule has 0 radical (unpaired) electrons. The molecule has 124 valence electrons. The van der Waals surface area contributed by atoms with Gasteiger partial charge in [0.25, 0.3) is 0 Å². The van der Waals surface area contributed by atoms with Crippen molar-refractivity contribution in [2.45, 2.75) is 39.2 Å². The largest absolute Gasteiger partial charge is 0.497 e. The Morgan fingerprint density at radius 2 is 1.86 bits per heavy atom. The molecule has 0 fully saturated rings. The first-order valence-corrected chi connectivity index (χ1v) is 7.77. The van der Waals surface area contributed by atoms with Gasteiger partial charge in [-0.25, -0.2) is 4.79 Å². The molecule has 0 aliphatic carbocycles. The van der Waals surface area contributed by atoms with E-state index in [-0.39, 0.29) is 24.6 Å². The highest BCUT2D eigenvalue weighted by Crippen LogP contribution is 2.21. The maximum absolute atomic E-state index is 11.8. The van der Waals surface area contributed by atoms with Crippen molar-refractivity contribution in [2.75, 3.05) is 20.3 Å². The Labute approximate surface area is 133 Å². The minimum Gasteiger partial charge on any atom is -0.497 e. The molecule has 5 heteroatoms. The van der Waals surface area contributed by atoms with Crippen molar-refractivity contribution in [3.05, 3.63) is 29.8 Å². The molecular weight excluding hydrogens is 280 g/mol. The molecule has 0 heterocycles. The number of carbonyl (C=O) groups excluding carboxylic acids is 1. The monoisotopic (exact) mass is 308 g/mol. The third-order valence-corrected chi connectivity index (χ3v) is 4.05. The number of hydrogen-bond donors (Lipinski definition) is 3. The summed E-state index contributed by atoms with van der Waals surface area (Å²) in [6.45, 7) is 6.60. The van der Waals surface area contributed by atoms with Crippen LogP contribution in [-0.4, -0.2) is 37.4 Å². The van der Waals surface area contributed by atoms with Crippen molar-refractivity contribution in [3.8, 4) is 5.75 Å². The second-order valence-electron chi connectivity index (χ2n) is 5.81. The van der Waals surface area contributed by atoms with Gasteiger partial charge in [0.2, 0.25) is 0 Å². The maximum Gasteiger partial charge on any atom is 0.315 e. The molecule has 22 heavy (non-hydrogen) atoms. The molecule has 0 saturated heterocycles. The van der Waals surface area contributed by atoms with E-state index in [0.29, 0.717) is 12.5 Å². The zero-order valence-corrected chi connectivity index (χ0v) is 13.9. The van der Waals surface area contributed by atoms with Crippen LogP contribution in [0.15, 0.2) is 24.3 Å². The first-order valence-electron chi connectivity index (χ1n) is 7.77. The minimum atomic E-state index is -0.185. The van der Waals surface area contributed by atoms with Crippen LogP contribution in [0.5, 0.6) is 5.75 Å². The van der Waals surface area contributed by atoms with Gasteiger partial charge >= 0.3 is 6.03 Å². The van der Waals surface area contributed by atoms with Crippen LogP contribution in [0.1, 0.15) is 38.7 Å². The molecule has 1 aromatic rings. The highest BCUT2D eigenvalue weighted by atomic mass is 16.5. The number of aliphatic hydroxyl groups excluding tert-OH is 1. The lowest BCUT2D eigenvalue weighted by atomic mass is 9.98. The van der Waals surface area contributed by atoms with Gasteiger partial charge < -0.3 is 20.5 Å². The summed E-state index contributed by atoms with van der Waals surface area (Å²) in [6, 6.07) is 7.76. The van der Waals surface area contributed by atoms with Crippen LogP contribution in [0.25, 0.3) is 0 Å². The summed E-state index contributed by atoms with van der Waals surface area (Å²) in [5.74, 6) is 1.25. The van der Waals surface area contributed by atoms with Crippen molar-refractivity contribution >= 4 is 6.03 Å². The van der Waals surface area contributed by atoms with Gasteiger partial charge in [0, 0.05) is 19.2 Å². The number of aliphatic hydroxyl groups is 1. The first-order chi connectivity index (χ1) is 10.5. The number of nitrogens with one attached hydrogen (secondary N) is 2. The Balaban J connectivity index is 2.32. The van der Waals surface area contributed by atoms with Crippen LogP contribution in [0.4, 0.5) is 4.79 Å². The van der Waals surface area contributed by atoms with E-state index >= 15 is 0 Å². The summed E-state index contributed by atoms with van der Waals surface area (Å²) in [6.07, 6.45) is 0.865.